The molecule has 0 amide bonds. The van der Waals surface area contributed by atoms with Gasteiger partial charge in [-0.3, -0.25) is 4.90 Å². The van der Waals surface area contributed by atoms with Crippen LogP contribution in [0.15, 0.2) is 35.5 Å². The molecule has 140 valence electrons. The fourth-order valence-electron chi connectivity index (χ4n) is 4.21. The number of nitrogens with zero attached hydrogens (tertiary/aromatic N) is 2. The highest BCUT2D eigenvalue weighted by molar-refractivity contribution is 6.35. The Morgan fingerprint density at radius 2 is 1.93 bits per heavy atom. The molecule has 0 aliphatic carbocycles. The van der Waals surface area contributed by atoms with Crippen LogP contribution in [0.25, 0.3) is 0 Å². The van der Waals surface area contributed by atoms with Gasteiger partial charge in [-0.2, -0.15) is 0 Å². The van der Waals surface area contributed by atoms with Gasteiger partial charge in [-0.15, -0.1) is 0 Å². The highest BCUT2D eigenvalue weighted by Crippen LogP contribution is 2.43. The van der Waals surface area contributed by atoms with Crippen LogP contribution in [0.1, 0.15) is 34.8 Å². The Balaban J connectivity index is 1.37. The maximum absolute atomic E-state index is 13.6. The molecule has 0 aromatic heterocycles. The number of hydrogen-bond donors (Lipinski definition) is 0. The molecular weight excluding hydrogens is 390 g/mol. The van der Waals surface area contributed by atoms with Crippen molar-refractivity contribution in [2.24, 2.45) is 5.16 Å². The van der Waals surface area contributed by atoms with Gasteiger partial charge in [0, 0.05) is 19.5 Å². The first kappa shape index (κ1) is 17.4. The Morgan fingerprint density at radius 1 is 1.19 bits per heavy atom. The normalized spacial score (nSPS) is 23.1. The summed E-state index contributed by atoms with van der Waals surface area (Å²) in [5.41, 5.74) is 4.93. The number of oxime groups is 1. The third-order valence-electron chi connectivity index (χ3n) is 5.53. The summed E-state index contributed by atoms with van der Waals surface area (Å²) in [7, 11) is 2.10. The zero-order valence-electron chi connectivity index (χ0n) is 14.6. The van der Waals surface area contributed by atoms with Crippen molar-refractivity contribution in [2.45, 2.75) is 24.7 Å². The molecule has 1 fully saturated rings. The molecule has 1 atom stereocenters. The van der Waals surface area contributed by atoms with E-state index in [-0.39, 0.29) is 21.8 Å². The van der Waals surface area contributed by atoms with Crippen molar-refractivity contribution in [1.29, 1.82) is 0 Å². The van der Waals surface area contributed by atoms with Crippen molar-refractivity contribution in [3.8, 4) is 0 Å². The lowest BCUT2D eigenvalue weighted by atomic mass is 9.84. The molecule has 2 aromatic rings. The van der Waals surface area contributed by atoms with Crippen LogP contribution in [0.3, 0.4) is 0 Å². The monoisotopic (exact) mass is 406 g/mol. The molecule has 1 spiro atoms. The molecule has 4 nitrogen and oxygen atoms in total. The Morgan fingerprint density at radius 3 is 2.63 bits per heavy atom. The van der Waals surface area contributed by atoms with E-state index in [1.54, 1.807) is 12.1 Å². The van der Waals surface area contributed by atoms with E-state index in [4.69, 9.17) is 32.8 Å². The molecule has 3 heterocycles. The highest BCUT2D eigenvalue weighted by Gasteiger charge is 2.48. The summed E-state index contributed by atoms with van der Waals surface area (Å²) < 4.78 is 19.7. The second-order valence-electron chi connectivity index (χ2n) is 7.46. The molecule has 0 saturated carbocycles. The van der Waals surface area contributed by atoms with Crippen LogP contribution in [0.2, 0.25) is 10.0 Å². The maximum atomic E-state index is 13.6. The first-order valence-corrected chi connectivity index (χ1v) is 9.54. The average Bonchev–Trinajstić information content (AvgIpc) is 3.24. The summed E-state index contributed by atoms with van der Waals surface area (Å²) in [5, 5.41) is 4.21. The van der Waals surface area contributed by atoms with Crippen molar-refractivity contribution in [3.05, 3.63) is 68.4 Å². The van der Waals surface area contributed by atoms with Crippen LogP contribution in [-0.4, -0.2) is 30.7 Å². The predicted octanol–water partition coefficient (Wildman–Crippen LogP) is 4.67. The van der Waals surface area contributed by atoms with Crippen LogP contribution >= 0.6 is 23.2 Å². The summed E-state index contributed by atoms with van der Waals surface area (Å²) in [5.74, 6) is -0.615. The minimum Gasteiger partial charge on any atom is -0.387 e. The molecule has 0 unspecified atom stereocenters. The summed E-state index contributed by atoms with van der Waals surface area (Å²) >= 11 is 11.8. The number of likely N-dealkylation sites (N-methyl/N-ethyl adjacent to an activating group) is 1. The summed E-state index contributed by atoms with van der Waals surface area (Å²) in [6.07, 6.45) is 0.248. The second kappa shape index (κ2) is 6.17. The summed E-state index contributed by atoms with van der Waals surface area (Å²) in [4.78, 5) is 7.82. The molecule has 5 rings (SSSR count). The molecular formula is C20H17Cl2FN2O2. The molecule has 3 aliphatic heterocycles. The van der Waals surface area contributed by atoms with Gasteiger partial charge in [0.25, 0.3) is 0 Å². The van der Waals surface area contributed by atoms with Crippen LogP contribution in [0, 0.1) is 5.82 Å². The van der Waals surface area contributed by atoms with Gasteiger partial charge in [0.1, 0.15) is 5.60 Å². The van der Waals surface area contributed by atoms with Gasteiger partial charge in [-0.05, 0) is 47.5 Å². The van der Waals surface area contributed by atoms with Crippen LogP contribution in [-0.2, 0) is 21.8 Å². The summed E-state index contributed by atoms with van der Waals surface area (Å²) in [6, 6.07) is 9.44. The third-order valence-corrected chi connectivity index (χ3v) is 6.08. The van der Waals surface area contributed by atoms with Gasteiger partial charge in [0.05, 0.1) is 22.4 Å². The van der Waals surface area contributed by atoms with E-state index in [1.165, 1.54) is 11.1 Å². The number of rotatable bonds is 2. The molecule has 1 saturated heterocycles. The zero-order valence-corrected chi connectivity index (χ0v) is 16.1. The van der Waals surface area contributed by atoms with E-state index >= 15 is 0 Å². The Kier molecular flexibility index (Phi) is 3.99. The van der Waals surface area contributed by atoms with Gasteiger partial charge < -0.3 is 9.57 Å². The van der Waals surface area contributed by atoms with E-state index in [2.05, 4.69) is 35.3 Å². The quantitative estimate of drug-likeness (QED) is 0.679. The second-order valence-corrected chi connectivity index (χ2v) is 8.28. The van der Waals surface area contributed by atoms with Crippen molar-refractivity contribution >= 4 is 28.9 Å². The van der Waals surface area contributed by atoms with Gasteiger partial charge in [-0.1, -0.05) is 40.5 Å². The van der Waals surface area contributed by atoms with Gasteiger partial charge in [-0.25, -0.2) is 4.39 Å². The van der Waals surface area contributed by atoms with Crippen molar-refractivity contribution in [3.63, 3.8) is 0 Å². The third kappa shape index (κ3) is 2.76. The minimum atomic E-state index is -0.615. The molecule has 27 heavy (non-hydrogen) atoms. The van der Waals surface area contributed by atoms with Crippen LogP contribution in [0.4, 0.5) is 4.39 Å². The van der Waals surface area contributed by atoms with E-state index in [0.29, 0.717) is 18.6 Å². The first-order chi connectivity index (χ1) is 12.9. The summed E-state index contributed by atoms with van der Waals surface area (Å²) in [6.45, 7) is 2.48. The Hall–Kier alpha value is -1.66. The maximum Gasteiger partial charge on any atom is 0.160 e. The first-order valence-electron chi connectivity index (χ1n) is 8.79. The van der Waals surface area contributed by atoms with E-state index in [1.807, 2.05) is 0 Å². The molecule has 0 N–H and O–H groups in total. The van der Waals surface area contributed by atoms with Gasteiger partial charge in [0.15, 0.2) is 11.9 Å². The SMILES string of the molecule is CN1CC2(C1)OCc1cc(C3=NO[C@H](c4cc(Cl)c(F)c(Cl)c4)C3)ccc12. The van der Waals surface area contributed by atoms with Gasteiger partial charge >= 0.3 is 0 Å². The lowest BCUT2D eigenvalue weighted by Gasteiger charge is -2.45. The lowest BCUT2D eigenvalue weighted by molar-refractivity contribution is -0.132. The van der Waals surface area contributed by atoms with Crippen LogP contribution < -0.4 is 0 Å². The minimum absolute atomic E-state index is 0.0139. The molecule has 3 aliphatic rings. The Labute approximate surface area is 166 Å². The lowest BCUT2D eigenvalue weighted by Crippen LogP contribution is -2.57. The van der Waals surface area contributed by atoms with Gasteiger partial charge in [0.2, 0.25) is 0 Å². The molecule has 0 radical (unpaired) electrons. The van der Waals surface area contributed by atoms with E-state index in [0.717, 1.165) is 24.4 Å². The number of benzene rings is 2. The van der Waals surface area contributed by atoms with Crippen molar-refractivity contribution < 1.29 is 14.0 Å². The number of likely N-dealkylation sites (tertiary alicyclic amines) is 1. The zero-order chi connectivity index (χ0) is 18.8. The smallest absolute Gasteiger partial charge is 0.160 e. The fraction of sp³-hybridized carbons (Fsp3) is 0.350. The van der Waals surface area contributed by atoms with Crippen LogP contribution in [0.5, 0.6) is 0 Å². The average molecular weight is 407 g/mol. The predicted molar refractivity (Wildman–Crippen MR) is 102 cm³/mol. The molecule has 0 bridgehead atoms. The number of hydrogen-bond acceptors (Lipinski definition) is 4. The topological polar surface area (TPSA) is 34.1 Å². The number of ether oxygens (including phenoxy) is 1. The number of halogens is 3. The molecule has 7 heteroatoms. The number of fused-ring (bicyclic) bond motifs is 2. The van der Waals surface area contributed by atoms with E-state index < -0.39 is 5.82 Å². The van der Waals surface area contributed by atoms with Crippen molar-refractivity contribution in [1.82, 2.24) is 4.90 Å². The largest absolute Gasteiger partial charge is 0.387 e. The van der Waals surface area contributed by atoms with E-state index in [9.17, 15) is 4.39 Å². The standard InChI is InChI=1S/C20H17Cl2FN2O2/c1-25-9-20(10-25)14-3-2-11(4-13(14)8-26-20)17-7-18(27-24-17)12-5-15(21)19(23)16(22)6-12/h2-6,18H,7-10H2,1H3/t18-/m0/s1. The fourth-order valence-corrected chi connectivity index (χ4v) is 4.71. The Bertz CT molecular complexity index is 949. The molecule has 2 aromatic carbocycles. The van der Waals surface area contributed by atoms with Crippen molar-refractivity contribution in [2.75, 3.05) is 20.1 Å². The highest BCUT2D eigenvalue weighted by atomic mass is 35.5.